The third-order valence-corrected chi connectivity index (χ3v) is 2.45. The molecule has 0 aliphatic heterocycles. The lowest BCUT2D eigenvalue weighted by Crippen LogP contribution is -1.97. The molecule has 2 N–H and O–H groups in total. The van der Waals surface area contributed by atoms with Crippen molar-refractivity contribution in [3.05, 3.63) is 59.4 Å². The van der Waals surface area contributed by atoms with Crippen LogP contribution >= 0.6 is 0 Å². The molecule has 17 heavy (non-hydrogen) atoms. The van der Waals surface area contributed by atoms with Gasteiger partial charge >= 0.3 is 5.97 Å². The van der Waals surface area contributed by atoms with Crippen molar-refractivity contribution in [1.29, 1.82) is 0 Å². The molecule has 0 fully saturated rings. The number of aromatic hydroxyl groups is 1. The molecule has 0 saturated carbocycles. The second-order valence-corrected chi connectivity index (χ2v) is 3.69. The van der Waals surface area contributed by atoms with E-state index in [-0.39, 0.29) is 11.3 Å². The first-order chi connectivity index (χ1) is 8.16. The molecule has 1 aromatic carbocycles. The van der Waals surface area contributed by atoms with Gasteiger partial charge in [-0.15, -0.1) is 0 Å². The molecule has 1 aromatic heterocycles. The van der Waals surface area contributed by atoms with Crippen molar-refractivity contribution in [2.75, 3.05) is 0 Å². The number of phenols is 1. The van der Waals surface area contributed by atoms with Crippen molar-refractivity contribution in [2.45, 2.75) is 6.42 Å². The molecular weight excluding hydrogens is 218 g/mol. The zero-order chi connectivity index (χ0) is 12.3. The molecule has 0 aliphatic carbocycles. The Kier molecular flexibility index (Phi) is 3.05. The van der Waals surface area contributed by atoms with Crippen LogP contribution in [-0.2, 0) is 6.42 Å². The van der Waals surface area contributed by atoms with Crippen LogP contribution in [0.2, 0.25) is 0 Å². The Bertz CT molecular complexity index is 538. The number of pyridine rings is 1. The third-order valence-electron chi connectivity index (χ3n) is 2.45. The summed E-state index contributed by atoms with van der Waals surface area (Å²) in [7, 11) is 0. The van der Waals surface area contributed by atoms with E-state index < -0.39 is 5.97 Å². The van der Waals surface area contributed by atoms with Gasteiger partial charge in [-0.3, -0.25) is 4.98 Å². The lowest BCUT2D eigenvalue weighted by Gasteiger charge is -2.05. The molecule has 1 heterocycles. The molecule has 2 rings (SSSR count). The molecule has 0 unspecified atom stereocenters. The van der Waals surface area contributed by atoms with E-state index in [1.165, 1.54) is 12.1 Å². The maximum Gasteiger partial charge on any atom is 0.335 e. The van der Waals surface area contributed by atoms with Crippen LogP contribution in [0.25, 0.3) is 0 Å². The number of carbonyl (C=O) groups is 1. The molecular formula is C13H11NO3. The minimum absolute atomic E-state index is 0.00578. The molecule has 0 aliphatic rings. The summed E-state index contributed by atoms with van der Waals surface area (Å²) in [6, 6.07) is 8.07. The highest BCUT2D eigenvalue weighted by Gasteiger charge is 2.08. The Morgan fingerprint density at radius 2 is 2.12 bits per heavy atom. The predicted octanol–water partition coefficient (Wildman–Crippen LogP) is 2.08. The van der Waals surface area contributed by atoms with E-state index in [0.717, 1.165) is 5.56 Å². The largest absolute Gasteiger partial charge is 0.508 e. The van der Waals surface area contributed by atoms with Crippen LogP contribution in [0.4, 0.5) is 0 Å². The zero-order valence-corrected chi connectivity index (χ0v) is 9.00. The first-order valence-electron chi connectivity index (χ1n) is 5.11. The average molecular weight is 229 g/mol. The maximum atomic E-state index is 10.7. The van der Waals surface area contributed by atoms with Crippen LogP contribution < -0.4 is 0 Å². The van der Waals surface area contributed by atoms with E-state index in [4.69, 9.17) is 5.11 Å². The fourth-order valence-electron chi connectivity index (χ4n) is 1.57. The Labute approximate surface area is 98.2 Å². The zero-order valence-electron chi connectivity index (χ0n) is 9.00. The number of carboxylic acids is 1. The van der Waals surface area contributed by atoms with Gasteiger partial charge in [0.2, 0.25) is 0 Å². The highest BCUT2D eigenvalue weighted by atomic mass is 16.4. The fourth-order valence-corrected chi connectivity index (χ4v) is 1.57. The summed E-state index contributed by atoms with van der Waals surface area (Å²) < 4.78 is 0. The molecule has 0 spiro atoms. The maximum absolute atomic E-state index is 10.7. The number of nitrogens with zero attached hydrogens (tertiary/aromatic N) is 1. The number of hydrogen-bond donors (Lipinski definition) is 2. The summed E-state index contributed by atoms with van der Waals surface area (Å²) >= 11 is 0. The van der Waals surface area contributed by atoms with Crippen molar-refractivity contribution in [3.63, 3.8) is 0 Å². The van der Waals surface area contributed by atoms with Gasteiger partial charge in [0.05, 0.1) is 5.56 Å². The summed E-state index contributed by atoms with van der Waals surface area (Å²) in [5, 5.41) is 18.5. The first kappa shape index (κ1) is 11.1. The van der Waals surface area contributed by atoms with Crippen molar-refractivity contribution in [2.24, 2.45) is 0 Å². The quantitative estimate of drug-likeness (QED) is 0.845. The first-order valence-corrected chi connectivity index (χ1v) is 5.11. The van der Waals surface area contributed by atoms with Crippen molar-refractivity contribution in [3.8, 4) is 5.75 Å². The van der Waals surface area contributed by atoms with Crippen LogP contribution in [0.1, 0.15) is 21.5 Å². The van der Waals surface area contributed by atoms with Crippen molar-refractivity contribution < 1.29 is 15.0 Å². The highest BCUT2D eigenvalue weighted by Crippen LogP contribution is 2.21. The van der Waals surface area contributed by atoms with Crippen LogP contribution in [0.3, 0.4) is 0 Å². The van der Waals surface area contributed by atoms with E-state index in [1.807, 2.05) is 12.1 Å². The van der Waals surface area contributed by atoms with Gasteiger partial charge in [0, 0.05) is 18.8 Å². The Balaban J connectivity index is 2.26. The number of benzene rings is 1. The van der Waals surface area contributed by atoms with Crippen LogP contribution in [0.5, 0.6) is 5.75 Å². The molecule has 86 valence electrons. The topological polar surface area (TPSA) is 70.4 Å². The lowest BCUT2D eigenvalue weighted by molar-refractivity contribution is 0.0696. The number of aromatic carboxylic acids is 1. The summed E-state index contributed by atoms with van der Waals surface area (Å²) in [6.45, 7) is 0. The normalized spacial score (nSPS) is 10.1. The monoisotopic (exact) mass is 229 g/mol. The van der Waals surface area contributed by atoms with Crippen molar-refractivity contribution >= 4 is 5.97 Å². The molecule has 0 saturated heterocycles. The molecule has 4 heteroatoms. The van der Waals surface area contributed by atoms with Gasteiger partial charge in [-0.2, -0.15) is 0 Å². The molecule has 0 radical (unpaired) electrons. The number of aromatic nitrogens is 1. The number of hydrogen-bond acceptors (Lipinski definition) is 3. The molecule has 4 nitrogen and oxygen atoms in total. The van der Waals surface area contributed by atoms with E-state index in [1.54, 1.807) is 18.5 Å². The van der Waals surface area contributed by atoms with Gasteiger partial charge in [0.25, 0.3) is 0 Å². The molecule has 2 aromatic rings. The van der Waals surface area contributed by atoms with E-state index in [2.05, 4.69) is 4.98 Å². The van der Waals surface area contributed by atoms with Crippen molar-refractivity contribution in [1.82, 2.24) is 4.98 Å². The Morgan fingerprint density at radius 3 is 2.71 bits per heavy atom. The molecule has 0 bridgehead atoms. The summed E-state index contributed by atoms with van der Waals surface area (Å²) in [4.78, 5) is 14.7. The van der Waals surface area contributed by atoms with Gasteiger partial charge in [-0.05, 0) is 29.3 Å². The highest BCUT2D eigenvalue weighted by molar-refractivity contribution is 5.88. The van der Waals surface area contributed by atoms with Gasteiger partial charge in [-0.25, -0.2) is 4.79 Å². The van der Waals surface area contributed by atoms with Crippen LogP contribution in [-0.4, -0.2) is 21.2 Å². The fraction of sp³-hybridized carbons (Fsp3) is 0.0769. The summed E-state index contributed by atoms with van der Waals surface area (Å²) in [5.41, 5.74) is 1.73. The standard InChI is InChI=1S/C13H11NO3/c15-12-7-11(13(16)17)4-3-10(12)6-9-2-1-5-14-8-9/h1-5,7-8,15H,6H2,(H,16,17). The second kappa shape index (κ2) is 4.65. The predicted molar refractivity (Wildman–Crippen MR) is 62.1 cm³/mol. The minimum atomic E-state index is -1.05. The smallest absolute Gasteiger partial charge is 0.335 e. The Hall–Kier alpha value is -2.36. The van der Waals surface area contributed by atoms with Crippen LogP contribution in [0.15, 0.2) is 42.7 Å². The molecule has 0 atom stereocenters. The SMILES string of the molecule is O=C(O)c1ccc(Cc2cccnc2)c(O)c1. The number of phenolic OH excluding ortho intramolecular Hbond substituents is 1. The average Bonchev–Trinajstić information content (AvgIpc) is 2.33. The lowest BCUT2D eigenvalue weighted by atomic mass is 10.0. The van der Waals surface area contributed by atoms with Gasteiger partial charge < -0.3 is 10.2 Å². The summed E-state index contributed by atoms with van der Waals surface area (Å²) in [5.74, 6) is -1.05. The van der Waals surface area contributed by atoms with Gasteiger partial charge in [-0.1, -0.05) is 12.1 Å². The van der Waals surface area contributed by atoms with Gasteiger partial charge in [0.1, 0.15) is 5.75 Å². The molecule has 0 amide bonds. The van der Waals surface area contributed by atoms with E-state index >= 15 is 0 Å². The second-order valence-electron chi connectivity index (χ2n) is 3.69. The number of rotatable bonds is 3. The minimum Gasteiger partial charge on any atom is -0.508 e. The Morgan fingerprint density at radius 1 is 1.29 bits per heavy atom. The van der Waals surface area contributed by atoms with Gasteiger partial charge in [0.15, 0.2) is 0 Å². The number of carboxylic acid groups (broad SMARTS) is 1. The van der Waals surface area contributed by atoms with E-state index in [9.17, 15) is 9.90 Å². The third kappa shape index (κ3) is 2.60. The van der Waals surface area contributed by atoms with E-state index in [0.29, 0.717) is 12.0 Å². The van der Waals surface area contributed by atoms with Crippen LogP contribution in [0, 0.1) is 0 Å². The summed E-state index contributed by atoms with van der Waals surface area (Å²) in [6.07, 6.45) is 3.92.